The minimum Gasteiger partial charge on any atom is -0.545 e. The number of ether oxygens (including phenoxy) is 1. The van der Waals surface area contributed by atoms with E-state index in [1.807, 2.05) is 30.3 Å². The zero-order valence-corrected chi connectivity index (χ0v) is 14.4. The van der Waals surface area contributed by atoms with Crippen molar-refractivity contribution in [2.75, 3.05) is 26.3 Å². The number of carboxylic acids is 1. The zero-order chi connectivity index (χ0) is 17.2. The standard InChI is InChI=1S/C21H25NO3/c23-21(24)20-16-6-2-1-5-15(16)9-10-18(20)17-7-3-4-8-19(17)22-11-13-25-14-12-22/h1-2,5-6,9-10,17,19H,3-4,7-8,11-14H2,(H,23,24)/p-1. The maximum atomic E-state index is 12.0. The smallest absolute Gasteiger partial charge is 0.0724 e. The Kier molecular flexibility index (Phi) is 4.73. The van der Waals surface area contributed by atoms with E-state index in [1.54, 1.807) is 0 Å². The summed E-state index contributed by atoms with van der Waals surface area (Å²) in [6, 6.07) is 12.2. The number of fused-ring (bicyclic) bond motifs is 1. The highest BCUT2D eigenvalue weighted by molar-refractivity contribution is 6.04. The first-order valence-electron chi connectivity index (χ1n) is 9.30. The summed E-state index contributed by atoms with van der Waals surface area (Å²) < 4.78 is 5.51. The summed E-state index contributed by atoms with van der Waals surface area (Å²) in [4.78, 5) is 14.5. The van der Waals surface area contributed by atoms with Gasteiger partial charge in [-0.25, -0.2) is 0 Å². The van der Waals surface area contributed by atoms with Gasteiger partial charge < -0.3 is 14.6 Å². The highest BCUT2D eigenvalue weighted by Crippen LogP contribution is 2.39. The molecule has 1 aliphatic carbocycles. The van der Waals surface area contributed by atoms with Gasteiger partial charge >= 0.3 is 0 Å². The van der Waals surface area contributed by atoms with Crippen LogP contribution in [0.4, 0.5) is 0 Å². The van der Waals surface area contributed by atoms with Crippen molar-refractivity contribution in [3.63, 3.8) is 0 Å². The van der Waals surface area contributed by atoms with Gasteiger partial charge in [-0.3, -0.25) is 4.90 Å². The van der Waals surface area contributed by atoms with Crippen LogP contribution in [0.15, 0.2) is 36.4 Å². The van der Waals surface area contributed by atoms with Crippen molar-refractivity contribution in [3.8, 4) is 0 Å². The van der Waals surface area contributed by atoms with Crippen LogP contribution in [0.1, 0.15) is 47.5 Å². The second-order valence-corrected chi connectivity index (χ2v) is 7.15. The van der Waals surface area contributed by atoms with Crippen LogP contribution in [0.3, 0.4) is 0 Å². The van der Waals surface area contributed by atoms with Gasteiger partial charge in [-0.05, 0) is 29.2 Å². The quantitative estimate of drug-likeness (QED) is 0.863. The van der Waals surface area contributed by atoms with E-state index < -0.39 is 5.97 Å². The highest BCUT2D eigenvalue weighted by atomic mass is 16.5. The summed E-state index contributed by atoms with van der Waals surface area (Å²) in [5.41, 5.74) is 1.35. The van der Waals surface area contributed by atoms with E-state index in [1.165, 1.54) is 6.42 Å². The normalized spacial score (nSPS) is 25.1. The predicted molar refractivity (Wildman–Crippen MR) is 95.7 cm³/mol. The van der Waals surface area contributed by atoms with Crippen molar-refractivity contribution in [1.29, 1.82) is 0 Å². The fourth-order valence-electron chi connectivity index (χ4n) is 4.65. The average molecular weight is 338 g/mol. The second-order valence-electron chi connectivity index (χ2n) is 7.15. The molecule has 2 atom stereocenters. The monoisotopic (exact) mass is 338 g/mol. The number of morpholine rings is 1. The van der Waals surface area contributed by atoms with Crippen LogP contribution in [0.2, 0.25) is 0 Å². The Bertz CT molecular complexity index is 767. The highest BCUT2D eigenvalue weighted by Gasteiger charge is 2.33. The lowest BCUT2D eigenvalue weighted by atomic mass is 9.76. The van der Waals surface area contributed by atoms with E-state index in [4.69, 9.17) is 4.74 Å². The fourth-order valence-corrected chi connectivity index (χ4v) is 4.65. The lowest BCUT2D eigenvalue weighted by molar-refractivity contribution is -0.254. The molecule has 1 aliphatic heterocycles. The van der Waals surface area contributed by atoms with Gasteiger partial charge in [0.15, 0.2) is 0 Å². The lowest BCUT2D eigenvalue weighted by Gasteiger charge is -2.42. The number of aromatic carboxylic acids is 1. The molecule has 1 saturated heterocycles. The van der Waals surface area contributed by atoms with Crippen molar-refractivity contribution in [1.82, 2.24) is 4.90 Å². The van der Waals surface area contributed by atoms with Crippen molar-refractivity contribution in [2.24, 2.45) is 0 Å². The number of rotatable bonds is 3. The molecule has 0 spiro atoms. The van der Waals surface area contributed by atoms with Gasteiger partial charge in [-0.2, -0.15) is 0 Å². The van der Waals surface area contributed by atoms with Crippen molar-refractivity contribution in [3.05, 3.63) is 47.5 Å². The summed E-state index contributed by atoms with van der Waals surface area (Å²) in [6.45, 7) is 3.42. The van der Waals surface area contributed by atoms with E-state index in [9.17, 15) is 9.90 Å². The third kappa shape index (κ3) is 3.16. The molecule has 1 heterocycles. The molecule has 0 N–H and O–H groups in total. The van der Waals surface area contributed by atoms with E-state index in [-0.39, 0.29) is 5.92 Å². The molecule has 4 nitrogen and oxygen atoms in total. The number of hydrogen-bond acceptors (Lipinski definition) is 4. The minimum atomic E-state index is -1.06. The topological polar surface area (TPSA) is 52.6 Å². The molecule has 0 aromatic heterocycles. The van der Waals surface area contributed by atoms with Gasteiger partial charge in [0.25, 0.3) is 0 Å². The number of benzene rings is 2. The molecule has 132 valence electrons. The molecule has 2 aliphatic rings. The largest absolute Gasteiger partial charge is 0.545 e. The number of nitrogens with zero attached hydrogens (tertiary/aromatic N) is 1. The molecule has 2 aromatic rings. The van der Waals surface area contributed by atoms with E-state index in [0.717, 1.165) is 61.9 Å². The third-order valence-corrected chi connectivity index (χ3v) is 5.81. The Hall–Kier alpha value is -1.91. The van der Waals surface area contributed by atoms with Gasteiger partial charge in [0, 0.05) is 30.6 Å². The maximum Gasteiger partial charge on any atom is 0.0724 e. The minimum absolute atomic E-state index is 0.254. The van der Waals surface area contributed by atoms with Crippen LogP contribution in [0.5, 0.6) is 0 Å². The van der Waals surface area contributed by atoms with E-state index >= 15 is 0 Å². The molecule has 4 heteroatoms. The Labute approximate surface area is 148 Å². The van der Waals surface area contributed by atoms with Crippen LogP contribution in [0, 0.1) is 0 Å². The van der Waals surface area contributed by atoms with Gasteiger partial charge in [-0.15, -0.1) is 0 Å². The molecule has 2 unspecified atom stereocenters. The van der Waals surface area contributed by atoms with Gasteiger partial charge in [-0.1, -0.05) is 49.2 Å². The number of carboxylic acid groups (broad SMARTS) is 1. The molecule has 0 radical (unpaired) electrons. The SMILES string of the molecule is O=C([O-])c1c(C2CCCCC2N2CCOCC2)ccc2ccccc12. The number of carbonyl (C=O) groups is 1. The van der Waals surface area contributed by atoms with Crippen LogP contribution >= 0.6 is 0 Å². The molecular formula is C21H24NO3-. The third-order valence-electron chi connectivity index (χ3n) is 5.81. The summed E-state index contributed by atoms with van der Waals surface area (Å²) in [5, 5.41) is 13.8. The van der Waals surface area contributed by atoms with Gasteiger partial charge in [0.1, 0.15) is 0 Å². The van der Waals surface area contributed by atoms with Crippen LogP contribution in [-0.2, 0) is 4.74 Å². The van der Waals surface area contributed by atoms with Crippen LogP contribution in [-0.4, -0.2) is 43.2 Å². The first-order valence-corrected chi connectivity index (χ1v) is 9.30. The maximum absolute atomic E-state index is 12.0. The van der Waals surface area contributed by atoms with E-state index in [0.29, 0.717) is 11.6 Å². The molecule has 25 heavy (non-hydrogen) atoms. The molecule has 0 bridgehead atoms. The lowest BCUT2D eigenvalue weighted by Crippen LogP contribution is -2.47. The predicted octanol–water partition coefficient (Wildman–Crippen LogP) is 2.56. The fraction of sp³-hybridized carbons (Fsp3) is 0.476. The van der Waals surface area contributed by atoms with E-state index in [2.05, 4.69) is 11.0 Å². The Morgan fingerprint density at radius 2 is 1.80 bits per heavy atom. The molecule has 1 saturated carbocycles. The molecule has 2 fully saturated rings. The Balaban J connectivity index is 1.78. The van der Waals surface area contributed by atoms with Crippen molar-refractivity contribution < 1.29 is 14.6 Å². The summed E-state index contributed by atoms with van der Waals surface area (Å²) >= 11 is 0. The molecule has 0 amide bonds. The Morgan fingerprint density at radius 3 is 2.60 bits per heavy atom. The zero-order valence-electron chi connectivity index (χ0n) is 14.4. The summed E-state index contributed by atoms with van der Waals surface area (Å²) in [7, 11) is 0. The van der Waals surface area contributed by atoms with Crippen molar-refractivity contribution >= 4 is 16.7 Å². The molecule has 2 aromatic carbocycles. The Morgan fingerprint density at radius 1 is 1.04 bits per heavy atom. The first kappa shape index (κ1) is 16.6. The van der Waals surface area contributed by atoms with Crippen molar-refractivity contribution in [2.45, 2.75) is 37.6 Å². The molecular weight excluding hydrogens is 314 g/mol. The average Bonchev–Trinajstić information content (AvgIpc) is 2.67. The summed E-state index contributed by atoms with van der Waals surface area (Å²) in [5.74, 6) is -0.803. The van der Waals surface area contributed by atoms with Crippen LogP contribution in [0.25, 0.3) is 10.8 Å². The summed E-state index contributed by atoms with van der Waals surface area (Å²) in [6.07, 6.45) is 4.54. The van der Waals surface area contributed by atoms with Gasteiger partial charge in [0.2, 0.25) is 0 Å². The number of carbonyl (C=O) groups excluding carboxylic acids is 1. The van der Waals surface area contributed by atoms with Crippen LogP contribution < -0.4 is 5.11 Å². The molecule has 4 rings (SSSR count). The number of hydrogen-bond donors (Lipinski definition) is 0. The first-order chi connectivity index (χ1) is 12.3. The van der Waals surface area contributed by atoms with Gasteiger partial charge in [0.05, 0.1) is 19.2 Å². The second kappa shape index (κ2) is 7.14.